The van der Waals surface area contributed by atoms with Gasteiger partial charge >= 0.3 is 6.18 Å². The highest BCUT2D eigenvalue weighted by Gasteiger charge is 2.29. The number of carbonyl (C=O) groups is 2. The Hall–Kier alpha value is -3.70. The van der Waals surface area contributed by atoms with Crippen LogP contribution in [0.15, 0.2) is 30.7 Å². The van der Waals surface area contributed by atoms with Gasteiger partial charge in [0.1, 0.15) is 0 Å². The molecule has 32 heavy (non-hydrogen) atoms. The molecule has 0 aliphatic heterocycles. The number of rotatable bonds is 9. The van der Waals surface area contributed by atoms with E-state index in [1.165, 1.54) is 6.20 Å². The van der Waals surface area contributed by atoms with Crippen LogP contribution in [0.1, 0.15) is 23.2 Å². The molecule has 12 heteroatoms. The van der Waals surface area contributed by atoms with Gasteiger partial charge in [-0.05, 0) is 24.6 Å². The normalized spacial score (nSPS) is 11.5. The van der Waals surface area contributed by atoms with Gasteiger partial charge in [-0.25, -0.2) is 4.98 Å². The molecule has 3 aromatic rings. The zero-order valence-electron chi connectivity index (χ0n) is 17.1. The van der Waals surface area contributed by atoms with E-state index < -0.39 is 18.7 Å². The number of pyridine rings is 2. The Morgan fingerprint density at radius 1 is 1.28 bits per heavy atom. The van der Waals surface area contributed by atoms with Gasteiger partial charge in [-0.15, -0.1) is 0 Å². The van der Waals surface area contributed by atoms with Gasteiger partial charge in [-0.3, -0.25) is 19.3 Å². The first-order valence-electron chi connectivity index (χ1n) is 9.62. The smallest absolute Gasteiger partial charge is 0.422 e. The summed E-state index contributed by atoms with van der Waals surface area (Å²) in [6.45, 7) is 0.669. The first kappa shape index (κ1) is 23.0. The highest BCUT2D eigenvalue weighted by atomic mass is 19.4. The van der Waals surface area contributed by atoms with Gasteiger partial charge in [-0.2, -0.15) is 18.3 Å². The molecule has 170 valence electrons. The standard InChI is InChI=1S/C20H21F3N6O3/c1-12-6-13(8-27-19(12)32-11-20(21,22)23)9-29-10-14-15(28-29)2-4-25-16(14)7-18(31)26-5-3-17(24)30/h2,4,6,8,10H,3,5,7,9,11H2,1H3,(H2,24,30)(H,26,31). The summed E-state index contributed by atoms with van der Waals surface area (Å²) >= 11 is 0. The largest absolute Gasteiger partial charge is 0.468 e. The quantitative estimate of drug-likeness (QED) is 0.511. The molecular formula is C20H21F3N6O3. The predicted octanol–water partition coefficient (Wildman–Crippen LogP) is 1.66. The van der Waals surface area contributed by atoms with E-state index >= 15 is 0 Å². The van der Waals surface area contributed by atoms with Crippen LogP contribution in [-0.4, -0.2) is 50.9 Å². The molecule has 2 amide bonds. The third-order valence-corrected chi connectivity index (χ3v) is 4.39. The lowest BCUT2D eigenvalue weighted by Crippen LogP contribution is -2.29. The number of carbonyl (C=O) groups excluding carboxylic acids is 2. The van der Waals surface area contributed by atoms with Gasteiger partial charge in [0.15, 0.2) is 6.61 Å². The number of fused-ring (bicyclic) bond motifs is 1. The Balaban J connectivity index is 1.70. The Labute approximate surface area is 180 Å². The van der Waals surface area contributed by atoms with E-state index in [-0.39, 0.29) is 31.2 Å². The Morgan fingerprint density at radius 3 is 2.75 bits per heavy atom. The zero-order valence-corrected chi connectivity index (χ0v) is 17.1. The molecule has 0 unspecified atom stereocenters. The molecular weight excluding hydrogens is 429 g/mol. The van der Waals surface area contributed by atoms with Crippen molar-refractivity contribution in [3.05, 3.63) is 47.5 Å². The summed E-state index contributed by atoms with van der Waals surface area (Å²) in [5.41, 5.74) is 7.40. The first-order chi connectivity index (χ1) is 15.1. The van der Waals surface area contributed by atoms with Crippen LogP contribution in [0, 0.1) is 6.92 Å². The van der Waals surface area contributed by atoms with Gasteiger partial charge in [-0.1, -0.05) is 0 Å². The third kappa shape index (κ3) is 6.40. The number of hydrogen-bond acceptors (Lipinski definition) is 6. The van der Waals surface area contributed by atoms with Crippen molar-refractivity contribution in [3.63, 3.8) is 0 Å². The summed E-state index contributed by atoms with van der Waals surface area (Å²) in [5, 5.41) is 7.75. The SMILES string of the molecule is Cc1cc(Cn2cc3c(CC(=O)NCCC(N)=O)nccc3n2)cnc1OCC(F)(F)F. The summed E-state index contributed by atoms with van der Waals surface area (Å²) in [7, 11) is 0. The molecule has 3 aromatic heterocycles. The second kappa shape index (κ2) is 9.62. The topological polar surface area (TPSA) is 125 Å². The van der Waals surface area contributed by atoms with E-state index in [0.717, 1.165) is 0 Å². The number of nitrogens with zero attached hydrogens (tertiary/aromatic N) is 4. The number of nitrogens with two attached hydrogens (primary N) is 1. The van der Waals surface area contributed by atoms with E-state index in [2.05, 4.69) is 20.4 Å². The number of hydrogen-bond donors (Lipinski definition) is 2. The molecule has 0 aliphatic rings. The molecule has 0 fully saturated rings. The lowest BCUT2D eigenvalue weighted by atomic mass is 10.2. The highest BCUT2D eigenvalue weighted by Crippen LogP contribution is 2.21. The first-order valence-corrected chi connectivity index (χ1v) is 9.62. The summed E-state index contributed by atoms with van der Waals surface area (Å²) in [5.74, 6) is -0.879. The lowest BCUT2D eigenvalue weighted by Gasteiger charge is -2.11. The summed E-state index contributed by atoms with van der Waals surface area (Å²) in [4.78, 5) is 31.1. The van der Waals surface area contributed by atoms with E-state index in [1.807, 2.05) is 0 Å². The monoisotopic (exact) mass is 450 g/mol. The molecule has 0 aliphatic carbocycles. The van der Waals surface area contributed by atoms with Crippen LogP contribution in [-0.2, 0) is 22.6 Å². The number of primary amides is 1. The fraction of sp³-hybridized carbons (Fsp3) is 0.350. The maximum absolute atomic E-state index is 12.3. The maximum Gasteiger partial charge on any atom is 0.422 e. The van der Waals surface area contributed by atoms with E-state index in [1.54, 1.807) is 36.1 Å². The van der Waals surface area contributed by atoms with Crippen molar-refractivity contribution in [2.45, 2.75) is 32.5 Å². The molecule has 3 N–H and O–H groups in total. The minimum atomic E-state index is -4.44. The molecule has 0 atom stereocenters. The molecule has 0 aromatic carbocycles. The minimum absolute atomic E-state index is 0.00764. The van der Waals surface area contributed by atoms with Crippen molar-refractivity contribution in [1.29, 1.82) is 0 Å². The van der Waals surface area contributed by atoms with Crippen LogP contribution in [0.25, 0.3) is 10.9 Å². The van der Waals surface area contributed by atoms with Crippen LogP contribution in [0.2, 0.25) is 0 Å². The van der Waals surface area contributed by atoms with Crippen molar-refractivity contribution < 1.29 is 27.5 Å². The predicted molar refractivity (Wildman–Crippen MR) is 108 cm³/mol. The van der Waals surface area contributed by atoms with Crippen LogP contribution < -0.4 is 15.8 Å². The molecule has 0 saturated carbocycles. The van der Waals surface area contributed by atoms with Crippen LogP contribution >= 0.6 is 0 Å². The summed E-state index contributed by atoms with van der Waals surface area (Å²) < 4.78 is 43.3. The maximum atomic E-state index is 12.3. The van der Waals surface area contributed by atoms with Crippen molar-refractivity contribution in [2.75, 3.05) is 13.2 Å². The molecule has 3 heterocycles. The summed E-state index contributed by atoms with van der Waals surface area (Å²) in [6.07, 6.45) is 0.327. The third-order valence-electron chi connectivity index (χ3n) is 4.39. The fourth-order valence-corrected chi connectivity index (χ4v) is 3.01. The molecule has 0 radical (unpaired) electrons. The second-order valence-electron chi connectivity index (χ2n) is 7.13. The van der Waals surface area contributed by atoms with Crippen LogP contribution in [0.3, 0.4) is 0 Å². The highest BCUT2D eigenvalue weighted by molar-refractivity contribution is 5.86. The molecule has 9 nitrogen and oxygen atoms in total. The van der Waals surface area contributed by atoms with Gasteiger partial charge in [0.25, 0.3) is 0 Å². The number of nitrogens with one attached hydrogen (secondary N) is 1. The van der Waals surface area contributed by atoms with E-state index in [4.69, 9.17) is 10.5 Å². The second-order valence-corrected chi connectivity index (χ2v) is 7.13. The average Bonchev–Trinajstić information content (AvgIpc) is 3.10. The molecule has 3 rings (SSSR count). The average molecular weight is 450 g/mol. The van der Waals surface area contributed by atoms with Crippen LogP contribution in [0.5, 0.6) is 5.88 Å². The summed E-state index contributed by atoms with van der Waals surface area (Å²) in [6, 6.07) is 3.38. The number of alkyl halides is 3. The fourth-order valence-electron chi connectivity index (χ4n) is 3.01. The van der Waals surface area contributed by atoms with Crippen molar-refractivity contribution >= 4 is 22.7 Å². The number of halogens is 3. The lowest BCUT2D eigenvalue weighted by molar-refractivity contribution is -0.154. The molecule has 0 spiro atoms. The van der Waals surface area contributed by atoms with Crippen molar-refractivity contribution in [3.8, 4) is 5.88 Å². The molecule has 0 bridgehead atoms. The van der Waals surface area contributed by atoms with Gasteiger partial charge in [0.2, 0.25) is 17.7 Å². The van der Waals surface area contributed by atoms with Crippen molar-refractivity contribution in [1.82, 2.24) is 25.1 Å². The Bertz CT molecular complexity index is 1130. The van der Waals surface area contributed by atoms with Gasteiger partial charge in [0, 0.05) is 42.5 Å². The van der Waals surface area contributed by atoms with E-state index in [9.17, 15) is 22.8 Å². The minimum Gasteiger partial charge on any atom is -0.468 e. The number of ether oxygens (including phenoxy) is 1. The van der Waals surface area contributed by atoms with Crippen molar-refractivity contribution in [2.24, 2.45) is 5.73 Å². The Kier molecular flexibility index (Phi) is 6.91. The van der Waals surface area contributed by atoms with Crippen LogP contribution in [0.4, 0.5) is 13.2 Å². The number of aryl methyl sites for hydroxylation is 1. The Morgan fingerprint density at radius 2 is 2.06 bits per heavy atom. The number of amides is 2. The van der Waals surface area contributed by atoms with Gasteiger partial charge < -0.3 is 15.8 Å². The van der Waals surface area contributed by atoms with E-state index in [0.29, 0.717) is 34.3 Å². The number of aromatic nitrogens is 4. The zero-order chi connectivity index (χ0) is 23.3. The molecule has 0 saturated heterocycles. The van der Waals surface area contributed by atoms with Gasteiger partial charge in [0.05, 0.1) is 24.2 Å².